The lowest BCUT2D eigenvalue weighted by molar-refractivity contribution is -0.135. The van der Waals surface area contributed by atoms with Gasteiger partial charge in [-0.25, -0.2) is 14.8 Å². The molecule has 2 aliphatic rings. The van der Waals surface area contributed by atoms with E-state index in [1.165, 1.54) is 0 Å². The third-order valence-electron chi connectivity index (χ3n) is 10.9. The second kappa shape index (κ2) is 15.5. The molecule has 2 aromatic heterocycles. The average molecular weight is 734 g/mol. The lowest BCUT2D eigenvalue weighted by Gasteiger charge is -2.28. The standard InChI is InChI=1S/C44H43N7O4/c1-28(29-10-4-2-5-11-29)42(52)50-24-8-14-37(50)40-45-26-35(47-40)32-20-16-30(17-21-32)31-18-22-33(23-19-31)36-27-46-41(48-36)38-15-9-25-51(38)43(53)39(49-44(54)55)34-12-6-3-7-13-34/h2-7,10-13,16-23,26-28,37-39,49H,8-9,14-15,24-25H2,1H3,(H,45,47)(H,46,48)(H,54,55)/t28-,37?,38-,39+/m0/s1. The number of nitrogens with zero attached hydrogens (tertiary/aromatic N) is 4. The quantitative estimate of drug-likeness (QED) is 0.111. The highest BCUT2D eigenvalue weighted by Gasteiger charge is 2.37. The van der Waals surface area contributed by atoms with Gasteiger partial charge in [-0.2, -0.15) is 0 Å². The Hall–Kier alpha value is -6.49. The lowest BCUT2D eigenvalue weighted by atomic mass is 9.99. The second-order valence-electron chi connectivity index (χ2n) is 14.3. The molecule has 4 heterocycles. The van der Waals surface area contributed by atoms with Crippen LogP contribution in [-0.4, -0.2) is 65.8 Å². The number of hydrogen-bond donors (Lipinski definition) is 4. The Bertz CT molecular complexity index is 2270. The molecule has 0 spiro atoms. The SMILES string of the molecule is C[C@H](C(=O)N1CCCC1c1ncc(-c2ccc(-c3ccc(-c4cnc([C@@H]5CCCN5C(=O)[C@H](NC(=O)O)c5ccccc5)[nH]4)cc3)cc2)[nH]1)c1ccccc1. The van der Waals surface area contributed by atoms with Gasteiger partial charge in [0.15, 0.2) is 0 Å². The summed E-state index contributed by atoms with van der Waals surface area (Å²) in [6.07, 6.45) is 5.75. The van der Waals surface area contributed by atoms with Crippen LogP contribution in [0.25, 0.3) is 33.6 Å². The van der Waals surface area contributed by atoms with Crippen LogP contribution in [0.5, 0.6) is 0 Å². The van der Waals surface area contributed by atoms with Crippen LogP contribution >= 0.6 is 0 Å². The number of carbonyl (C=O) groups is 3. The highest BCUT2D eigenvalue weighted by atomic mass is 16.4. The van der Waals surface area contributed by atoms with E-state index in [0.29, 0.717) is 17.9 Å². The fraction of sp³-hybridized carbons (Fsp3) is 0.250. The maximum atomic E-state index is 13.7. The average Bonchev–Trinajstić information content (AvgIpc) is 4.07. The van der Waals surface area contributed by atoms with Gasteiger partial charge in [0, 0.05) is 13.1 Å². The van der Waals surface area contributed by atoms with Gasteiger partial charge in [0.25, 0.3) is 5.91 Å². The molecule has 0 aliphatic carbocycles. The maximum Gasteiger partial charge on any atom is 0.405 e. The molecule has 6 aromatic rings. The zero-order valence-electron chi connectivity index (χ0n) is 30.6. The number of imidazole rings is 2. The minimum absolute atomic E-state index is 0.0659. The maximum absolute atomic E-state index is 13.7. The molecule has 2 fully saturated rings. The van der Waals surface area contributed by atoms with E-state index >= 15 is 0 Å². The Morgan fingerprint density at radius 1 is 0.636 bits per heavy atom. The summed E-state index contributed by atoms with van der Waals surface area (Å²) in [5, 5.41) is 11.9. The van der Waals surface area contributed by atoms with Gasteiger partial charge in [-0.1, -0.05) is 109 Å². The van der Waals surface area contributed by atoms with Gasteiger partial charge in [-0.15, -0.1) is 0 Å². The third kappa shape index (κ3) is 7.37. The van der Waals surface area contributed by atoms with Crippen LogP contribution in [0.1, 0.15) is 79.4 Å². The van der Waals surface area contributed by atoms with Crippen LogP contribution in [0, 0.1) is 0 Å². The zero-order valence-corrected chi connectivity index (χ0v) is 30.6. The fourth-order valence-electron chi connectivity index (χ4n) is 7.97. The Balaban J connectivity index is 0.925. The van der Waals surface area contributed by atoms with Gasteiger partial charge in [-0.05, 0) is 66.0 Å². The number of hydrogen-bond acceptors (Lipinski definition) is 5. The topological polar surface area (TPSA) is 147 Å². The van der Waals surface area contributed by atoms with Crippen molar-refractivity contribution in [3.8, 4) is 33.6 Å². The van der Waals surface area contributed by atoms with E-state index in [1.807, 2.05) is 54.4 Å². The first kappa shape index (κ1) is 35.5. The van der Waals surface area contributed by atoms with E-state index < -0.39 is 12.1 Å². The number of aromatic amines is 2. The summed E-state index contributed by atoms with van der Waals surface area (Å²) < 4.78 is 0. The van der Waals surface area contributed by atoms with Gasteiger partial charge in [-0.3, -0.25) is 9.59 Å². The highest BCUT2D eigenvalue weighted by Crippen LogP contribution is 2.36. The number of amides is 3. The molecular formula is C44H43N7O4. The smallest absolute Gasteiger partial charge is 0.405 e. The second-order valence-corrected chi connectivity index (χ2v) is 14.3. The number of nitrogens with one attached hydrogen (secondary N) is 3. The van der Waals surface area contributed by atoms with E-state index in [2.05, 4.69) is 68.8 Å². The van der Waals surface area contributed by atoms with E-state index in [0.717, 1.165) is 77.3 Å². The number of aromatic nitrogens is 4. The summed E-state index contributed by atoms with van der Waals surface area (Å²) in [5.74, 6) is 1.13. The van der Waals surface area contributed by atoms with Crippen LogP contribution in [0.2, 0.25) is 0 Å². The number of H-pyrrole nitrogens is 2. The van der Waals surface area contributed by atoms with Crippen molar-refractivity contribution < 1.29 is 19.5 Å². The van der Waals surface area contributed by atoms with E-state index in [4.69, 9.17) is 4.98 Å². The Labute approximate surface area is 319 Å². The molecule has 55 heavy (non-hydrogen) atoms. The van der Waals surface area contributed by atoms with Crippen molar-refractivity contribution in [1.29, 1.82) is 0 Å². The normalized spacial score (nSPS) is 17.9. The summed E-state index contributed by atoms with van der Waals surface area (Å²) in [5.41, 5.74) is 7.50. The van der Waals surface area contributed by atoms with Gasteiger partial charge in [0.05, 0.1) is 41.8 Å². The van der Waals surface area contributed by atoms with Crippen LogP contribution in [-0.2, 0) is 9.59 Å². The number of benzene rings is 4. The molecule has 4 aromatic carbocycles. The van der Waals surface area contributed by atoms with Crippen LogP contribution < -0.4 is 5.32 Å². The number of likely N-dealkylation sites (tertiary alicyclic amines) is 2. The third-order valence-corrected chi connectivity index (χ3v) is 10.9. The van der Waals surface area contributed by atoms with Crippen LogP contribution in [0.4, 0.5) is 4.79 Å². The first-order valence-electron chi connectivity index (χ1n) is 18.9. The molecule has 278 valence electrons. The summed E-state index contributed by atoms with van der Waals surface area (Å²) in [6, 6.07) is 34.1. The molecule has 8 rings (SSSR count). The molecule has 11 nitrogen and oxygen atoms in total. The zero-order chi connectivity index (χ0) is 37.9. The lowest BCUT2D eigenvalue weighted by Crippen LogP contribution is -2.42. The van der Waals surface area contributed by atoms with Gasteiger partial charge >= 0.3 is 6.09 Å². The first-order chi connectivity index (χ1) is 26.8. The van der Waals surface area contributed by atoms with Crippen LogP contribution in [0.15, 0.2) is 122 Å². The van der Waals surface area contributed by atoms with E-state index in [1.54, 1.807) is 35.4 Å². The van der Waals surface area contributed by atoms with Crippen molar-refractivity contribution in [1.82, 2.24) is 35.1 Å². The number of rotatable bonds is 10. The van der Waals surface area contributed by atoms with Gasteiger partial charge in [0.1, 0.15) is 17.7 Å². The van der Waals surface area contributed by atoms with Crippen molar-refractivity contribution in [2.45, 2.75) is 56.7 Å². The Morgan fingerprint density at radius 3 is 1.55 bits per heavy atom. The van der Waals surface area contributed by atoms with E-state index in [9.17, 15) is 19.5 Å². The molecule has 1 unspecified atom stereocenters. The largest absolute Gasteiger partial charge is 0.465 e. The molecule has 4 N–H and O–H groups in total. The Kier molecular flexibility index (Phi) is 9.99. The number of carbonyl (C=O) groups excluding carboxylic acids is 2. The summed E-state index contributed by atoms with van der Waals surface area (Å²) in [6.45, 7) is 3.23. The summed E-state index contributed by atoms with van der Waals surface area (Å²) in [4.78, 5) is 58.9. The molecule has 0 bridgehead atoms. The molecule has 0 saturated carbocycles. The van der Waals surface area contributed by atoms with E-state index in [-0.39, 0.29) is 29.8 Å². The molecule has 3 amide bonds. The van der Waals surface area contributed by atoms with Crippen molar-refractivity contribution in [2.75, 3.05) is 13.1 Å². The van der Waals surface area contributed by atoms with Gasteiger partial charge < -0.3 is 30.2 Å². The highest BCUT2D eigenvalue weighted by molar-refractivity contribution is 5.87. The minimum Gasteiger partial charge on any atom is -0.465 e. The van der Waals surface area contributed by atoms with Crippen molar-refractivity contribution in [3.63, 3.8) is 0 Å². The first-order valence-corrected chi connectivity index (χ1v) is 18.9. The fourth-order valence-corrected chi connectivity index (χ4v) is 7.97. The molecule has 4 atom stereocenters. The molecule has 2 aliphatic heterocycles. The van der Waals surface area contributed by atoms with Crippen molar-refractivity contribution >= 4 is 17.9 Å². The molecule has 11 heteroatoms. The molecular weight excluding hydrogens is 691 g/mol. The molecule has 0 radical (unpaired) electrons. The predicted molar refractivity (Wildman–Crippen MR) is 210 cm³/mol. The van der Waals surface area contributed by atoms with Gasteiger partial charge in [0.2, 0.25) is 5.91 Å². The predicted octanol–water partition coefficient (Wildman–Crippen LogP) is 8.27. The van der Waals surface area contributed by atoms with Crippen LogP contribution in [0.3, 0.4) is 0 Å². The molecule has 2 saturated heterocycles. The van der Waals surface area contributed by atoms with Crippen molar-refractivity contribution in [3.05, 3.63) is 144 Å². The summed E-state index contributed by atoms with van der Waals surface area (Å²) in [7, 11) is 0. The number of carboxylic acid groups (broad SMARTS) is 1. The minimum atomic E-state index is -1.25. The monoisotopic (exact) mass is 733 g/mol. The Morgan fingerprint density at radius 2 is 1.07 bits per heavy atom. The summed E-state index contributed by atoms with van der Waals surface area (Å²) >= 11 is 0. The van der Waals surface area contributed by atoms with Crippen molar-refractivity contribution in [2.24, 2.45) is 0 Å².